The summed E-state index contributed by atoms with van der Waals surface area (Å²) in [7, 11) is 1.31. The highest BCUT2D eigenvalue weighted by molar-refractivity contribution is 5.93. The quantitative estimate of drug-likeness (QED) is 0.712. The first-order valence-corrected chi connectivity index (χ1v) is 7.47. The summed E-state index contributed by atoms with van der Waals surface area (Å²) in [6.45, 7) is -0.0318. The lowest BCUT2D eigenvalue weighted by Gasteiger charge is -2.07. The summed E-state index contributed by atoms with van der Waals surface area (Å²) in [4.78, 5) is 23.6. The monoisotopic (exact) mass is 337 g/mol. The zero-order chi connectivity index (χ0) is 17.6. The highest BCUT2D eigenvalue weighted by Crippen LogP contribution is 2.15. The molecule has 8 nitrogen and oxygen atoms in total. The second-order valence-corrected chi connectivity index (χ2v) is 5.14. The van der Waals surface area contributed by atoms with Gasteiger partial charge in [0, 0.05) is 11.3 Å². The zero-order valence-electron chi connectivity index (χ0n) is 13.4. The van der Waals surface area contributed by atoms with Gasteiger partial charge in [-0.15, -0.1) is 5.10 Å². The molecular formula is C17H15N5O3. The zero-order valence-corrected chi connectivity index (χ0v) is 13.4. The number of methoxy groups -OCH3 is 1. The third-order valence-electron chi connectivity index (χ3n) is 3.45. The number of rotatable bonds is 5. The van der Waals surface area contributed by atoms with Gasteiger partial charge in [-0.3, -0.25) is 4.79 Å². The maximum atomic E-state index is 12.2. The van der Waals surface area contributed by atoms with E-state index in [-0.39, 0.29) is 12.5 Å². The molecule has 1 aromatic heterocycles. The minimum atomic E-state index is -0.431. The smallest absolute Gasteiger partial charge is 0.337 e. The van der Waals surface area contributed by atoms with Crippen LogP contribution in [0.4, 0.5) is 5.69 Å². The molecule has 3 rings (SSSR count). The Morgan fingerprint density at radius 2 is 1.80 bits per heavy atom. The van der Waals surface area contributed by atoms with E-state index in [1.54, 1.807) is 24.3 Å². The minimum absolute atomic E-state index is 0.0318. The van der Waals surface area contributed by atoms with E-state index < -0.39 is 5.97 Å². The number of tetrazole rings is 1. The van der Waals surface area contributed by atoms with Gasteiger partial charge in [0.05, 0.1) is 12.7 Å². The van der Waals surface area contributed by atoms with Crippen molar-refractivity contribution >= 4 is 17.6 Å². The Kier molecular flexibility index (Phi) is 4.79. The number of hydrogen-bond acceptors (Lipinski definition) is 6. The molecule has 0 bridgehead atoms. The Morgan fingerprint density at radius 1 is 1.08 bits per heavy atom. The van der Waals surface area contributed by atoms with Crippen LogP contribution < -0.4 is 5.32 Å². The van der Waals surface area contributed by atoms with Crippen molar-refractivity contribution < 1.29 is 14.3 Å². The van der Waals surface area contributed by atoms with E-state index >= 15 is 0 Å². The molecule has 1 amide bonds. The Morgan fingerprint density at radius 3 is 2.48 bits per heavy atom. The minimum Gasteiger partial charge on any atom is -0.465 e. The van der Waals surface area contributed by atoms with Crippen LogP contribution >= 0.6 is 0 Å². The fraction of sp³-hybridized carbons (Fsp3) is 0.118. The number of nitrogens with one attached hydrogen (secondary N) is 1. The Balaban J connectivity index is 1.68. The van der Waals surface area contributed by atoms with Gasteiger partial charge < -0.3 is 10.1 Å². The second kappa shape index (κ2) is 7.35. The standard InChI is InChI=1S/C17H15N5O3/c1-25-17(24)13-7-9-14(10-8-13)18-15(23)11-22-16(19-20-21-22)12-5-3-2-4-6-12/h2-10H,11H2,1H3,(H,18,23). The van der Waals surface area contributed by atoms with Crippen molar-refractivity contribution in [2.24, 2.45) is 0 Å². The molecule has 0 saturated heterocycles. The summed E-state index contributed by atoms with van der Waals surface area (Å²) in [6, 6.07) is 15.8. The van der Waals surface area contributed by atoms with Crippen LogP contribution in [0.25, 0.3) is 11.4 Å². The maximum Gasteiger partial charge on any atom is 0.337 e. The van der Waals surface area contributed by atoms with Crippen LogP contribution in [-0.2, 0) is 16.1 Å². The van der Waals surface area contributed by atoms with Crippen molar-refractivity contribution in [1.29, 1.82) is 0 Å². The highest BCUT2D eigenvalue weighted by Gasteiger charge is 2.12. The number of aromatic nitrogens is 4. The van der Waals surface area contributed by atoms with Crippen molar-refractivity contribution in [3.8, 4) is 11.4 Å². The van der Waals surface area contributed by atoms with E-state index in [1.165, 1.54) is 11.8 Å². The highest BCUT2D eigenvalue weighted by atomic mass is 16.5. The first kappa shape index (κ1) is 16.3. The number of ether oxygens (including phenoxy) is 1. The molecule has 0 aliphatic carbocycles. The van der Waals surface area contributed by atoms with Gasteiger partial charge in [0.25, 0.3) is 0 Å². The van der Waals surface area contributed by atoms with Gasteiger partial charge in [0.2, 0.25) is 5.91 Å². The fourth-order valence-electron chi connectivity index (χ4n) is 2.25. The van der Waals surface area contributed by atoms with Gasteiger partial charge in [-0.25, -0.2) is 9.48 Å². The average Bonchev–Trinajstić information content (AvgIpc) is 3.10. The number of carbonyl (C=O) groups excluding carboxylic acids is 2. The summed E-state index contributed by atoms with van der Waals surface area (Å²) in [6.07, 6.45) is 0. The average molecular weight is 337 g/mol. The lowest BCUT2D eigenvalue weighted by molar-refractivity contribution is -0.116. The molecule has 126 valence electrons. The molecule has 0 spiro atoms. The molecule has 0 atom stereocenters. The first-order valence-electron chi connectivity index (χ1n) is 7.47. The van der Waals surface area contributed by atoms with Gasteiger partial charge in [0.1, 0.15) is 6.54 Å². The van der Waals surface area contributed by atoms with E-state index in [4.69, 9.17) is 0 Å². The summed E-state index contributed by atoms with van der Waals surface area (Å²) in [5.74, 6) is -0.203. The number of hydrogen-bond donors (Lipinski definition) is 1. The molecule has 0 aliphatic heterocycles. The number of benzene rings is 2. The van der Waals surface area contributed by atoms with Gasteiger partial charge in [-0.2, -0.15) is 0 Å². The predicted octanol–water partition coefficient (Wildman–Crippen LogP) is 1.77. The maximum absolute atomic E-state index is 12.2. The van der Waals surface area contributed by atoms with Gasteiger partial charge >= 0.3 is 5.97 Å². The third-order valence-corrected chi connectivity index (χ3v) is 3.45. The normalized spacial score (nSPS) is 10.3. The molecule has 25 heavy (non-hydrogen) atoms. The molecule has 0 unspecified atom stereocenters. The van der Waals surface area contributed by atoms with Gasteiger partial charge in [0.15, 0.2) is 5.82 Å². The lowest BCUT2D eigenvalue weighted by Crippen LogP contribution is -2.20. The SMILES string of the molecule is COC(=O)c1ccc(NC(=O)Cn2nnnc2-c2ccccc2)cc1. The number of anilines is 1. The number of esters is 1. The number of nitrogens with zero attached hydrogens (tertiary/aromatic N) is 4. The summed E-state index contributed by atoms with van der Waals surface area (Å²) in [5.41, 5.74) is 1.79. The van der Waals surface area contributed by atoms with E-state index in [9.17, 15) is 9.59 Å². The van der Waals surface area contributed by atoms with Crippen molar-refractivity contribution in [2.75, 3.05) is 12.4 Å². The van der Waals surface area contributed by atoms with Crippen LogP contribution in [0.15, 0.2) is 54.6 Å². The topological polar surface area (TPSA) is 99.0 Å². The largest absolute Gasteiger partial charge is 0.465 e. The fourth-order valence-corrected chi connectivity index (χ4v) is 2.25. The second-order valence-electron chi connectivity index (χ2n) is 5.14. The molecule has 8 heteroatoms. The van der Waals surface area contributed by atoms with Gasteiger partial charge in [-0.1, -0.05) is 30.3 Å². The molecule has 0 fully saturated rings. The molecular weight excluding hydrogens is 322 g/mol. The summed E-state index contributed by atoms with van der Waals surface area (Å²) in [5, 5.41) is 14.2. The van der Waals surface area contributed by atoms with E-state index in [0.29, 0.717) is 17.1 Å². The van der Waals surface area contributed by atoms with Crippen LogP contribution in [0, 0.1) is 0 Å². The molecule has 0 radical (unpaired) electrons. The van der Waals surface area contributed by atoms with Crippen LogP contribution in [0.3, 0.4) is 0 Å². The van der Waals surface area contributed by atoms with Crippen molar-refractivity contribution in [2.45, 2.75) is 6.54 Å². The molecule has 0 saturated carbocycles. The van der Waals surface area contributed by atoms with E-state index in [1.807, 2.05) is 30.3 Å². The number of carbonyl (C=O) groups is 2. The van der Waals surface area contributed by atoms with E-state index in [2.05, 4.69) is 25.6 Å². The van der Waals surface area contributed by atoms with Gasteiger partial charge in [-0.05, 0) is 34.7 Å². The van der Waals surface area contributed by atoms with E-state index in [0.717, 1.165) is 5.56 Å². The Hall–Kier alpha value is -3.55. The molecule has 0 aliphatic rings. The van der Waals surface area contributed by atoms with Crippen molar-refractivity contribution in [3.05, 3.63) is 60.2 Å². The first-order chi connectivity index (χ1) is 12.2. The lowest BCUT2D eigenvalue weighted by atomic mass is 10.2. The van der Waals surface area contributed by atoms with Crippen LogP contribution in [0.2, 0.25) is 0 Å². The predicted molar refractivity (Wildman–Crippen MR) is 89.7 cm³/mol. The summed E-state index contributed by atoms with van der Waals surface area (Å²) < 4.78 is 6.05. The van der Waals surface area contributed by atoms with Crippen molar-refractivity contribution in [3.63, 3.8) is 0 Å². The molecule has 1 heterocycles. The molecule has 2 aromatic carbocycles. The van der Waals surface area contributed by atoms with Crippen LogP contribution in [0.5, 0.6) is 0 Å². The molecule has 3 aromatic rings. The Labute approximate surface area is 143 Å². The Bertz CT molecular complexity index is 875. The summed E-state index contributed by atoms with van der Waals surface area (Å²) >= 11 is 0. The molecule has 1 N–H and O–H groups in total. The van der Waals surface area contributed by atoms with Crippen molar-refractivity contribution in [1.82, 2.24) is 20.2 Å². The van der Waals surface area contributed by atoms with Crippen LogP contribution in [0.1, 0.15) is 10.4 Å². The van der Waals surface area contributed by atoms with Crippen LogP contribution in [-0.4, -0.2) is 39.2 Å². The number of amides is 1. The third kappa shape index (κ3) is 3.86.